The van der Waals surface area contributed by atoms with Gasteiger partial charge in [0.2, 0.25) is 10.0 Å². The Bertz CT molecular complexity index is 520. The van der Waals surface area contributed by atoms with Crippen LogP contribution in [0, 0.1) is 6.92 Å². The normalized spacial score (nSPS) is 18.1. The van der Waals surface area contributed by atoms with Crippen molar-refractivity contribution in [3.8, 4) is 0 Å². The molecule has 5 nitrogen and oxygen atoms in total. The van der Waals surface area contributed by atoms with Gasteiger partial charge in [0.1, 0.15) is 0 Å². The zero-order valence-electron chi connectivity index (χ0n) is 12.2. The third-order valence-electron chi connectivity index (χ3n) is 3.60. The van der Waals surface area contributed by atoms with Crippen LogP contribution < -0.4 is 4.72 Å². The molecule has 0 aromatic heterocycles. The molecule has 1 aromatic rings. The van der Waals surface area contributed by atoms with Gasteiger partial charge >= 0.3 is 0 Å². The first-order valence-electron chi connectivity index (χ1n) is 6.93. The number of nitrogens with zero attached hydrogens (tertiary/aromatic N) is 2. The predicted octanol–water partition coefficient (Wildman–Crippen LogP) is 0.984. The molecular formula is C14H23N3O2S. The number of sulfonamides is 1. The van der Waals surface area contributed by atoms with E-state index in [1.54, 1.807) is 12.1 Å². The fraction of sp³-hybridized carbons (Fsp3) is 0.571. The zero-order chi connectivity index (χ0) is 14.6. The van der Waals surface area contributed by atoms with Crippen LogP contribution in [0.2, 0.25) is 0 Å². The van der Waals surface area contributed by atoms with Crippen LogP contribution in [0.15, 0.2) is 24.3 Å². The minimum absolute atomic E-state index is 0.143. The zero-order valence-corrected chi connectivity index (χ0v) is 13.0. The smallest absolute Gasteiger partial charge is 0.233 e. The Kier molecular flexibility index (Phi) is 5.01. The number of benzene rings is 1. The summed E-state index contributed by atoms with van der Waals surface area (Å²) in [4.78, 5) is 4.46. The number of anilines is 1. The molecule has 1 saturated heterocycles. The van der Waals surface area contributed by atoms with Crippen LogP contribution in [0.1, 0.15) is 5.56 Å². The second kappa shape index (κ2) is 6.56. The standard InChI is InChI=1S/C14H23N3O2S/c1-13-3-5-14(6-4-13)15-20(18,19)12-11-17-9-7-16(2)8-10-17/h3-6,15H,7-12H2,1-2H3. The molecule has 1 N–H and O–H groups in total. The Morgan fingerprint density at radius 2 is 1.70 bits per heavy atom. The first-order valence-corrected chi connectivity index (χ1v) is 8.58. The molecule has 1 fully saturated rings. The van der Waals surface area contributed by atoms with Crippen LogP contribution in [-0.2, 0) is 10.0 Å². The van der Waals surface area contributed by atoms with E-state index in [1.807, 2.05) is 19.1 Å². The third-order valence-corrected chi connectivity index (χ3v) is 4.86. The average Bonchev–Trinajstić information content (AvgIpc) is 2.41. The van der Waals surface area contributed by atoms with Crippen molar-refractivity contribution < 1.29 is 8.42 Å². The van der Waals surface area contributed by atoms with Gasteiger partial charge in [0.25, 0.3) is 0 Å². The first kappa shape index (κ1) is 15.3. The summed E-state index contributed by atoms with van der Waals surface area (Å²) in [7, 11) is -1.18. The Balaban J connectivity index is 1.83. The molecule has 0 spiro atoms. The Morgan fingerprint density at radius 3 is 2.30 bits per heavy atom. The van der Waals surface area contributed by atoms with Gasteiger partial charge in [-0.15, -0.1) is 0 Å². The van der Waals surface area contributed by atoms with E-state index in [0.717, 1.165) is 31.7 Å². The summed E-state index contributed by atoms with van der Waals surface area (Å²) in [5.41, 5.74) is 1.75. The quantitative estimate of drug-likeness (QED) is 0.880. The van der Waals surface area contributed by atoms with Crippen molar-refractivity contribution in [1.29, 1.82) is 0 Å². The van der Waals surface area contributed by atoms with Gasteiger partial charge in [-0.05, 0) is 26.1 Å². The molecule has 112 valence electrons. The van der Waals surface area contributed by atoms with E-state index in [2.05, 4.69) is 21.6 Å². The van der Waals surface area contributed by atoms with Crippen molar-refractivity contribution in [3.05, 3.63) is 29.8 Å². The van der Waals surface area contributed by atoms with Gasteiger partial charge in [-0.25, -0.2) is 8.42 Å². The summed E-state index contributed by atoms with van der Waals surface area (Å²) in [6, 6.07) is 7.39. The number of piperazine rings is 1. The largest absolute Gasteiger partial charge is 0.304 e. The van der Waals surface area contributed by atoms with Gasteiger partial charge < -0.3 is 4.90 Å². The highest BCUT2D eigenvalue weighted by Crippen LogP contribution is 2.11. The molecule has 0 radical (unpaired) electrons. The number of rotatable bonds is 5. The Labute approximate surface area is 121 Å². The summed E-state index contributed by atoms with van der Waals surface area (Å²) >= 11 is 0. The molecule has 1 aliphatic rings. The van der Waals surface area contributed by atoms with Crippen molar-refractivity contribution in [2.24, 2.45) is 0 Å². The average molecular weight is 297 g/mol. The van der Waals surface area contributed by atoms with Gasteiger partial charge in [-0.1, -0.05) is 17.7 Å². The maximum atomic E-state index is 12.0. The molecule has 0 amide bonds. The lowest BCUT2D eigenvalue weighted by Gasteiger charge is -2.32. The second-order valence-electron chi connectivity index (χ2n) is 5.43. The molecular weight excluding hydrogens is 274 g/mol. The molecule has 2 rings (SSSR count). The highest BCUT2D eigenvalue weighted by molar-refractivity contribution is 7.92. The molecule has 1 aromatic carbocycles. The van der Waals surface area contributed by atoms with Crippen LogP contribution >= 0.6 is 0 Å². The van der Waals surface area contributed by atoms with Crippen LogP contribution in [0.25, 0.3) is 0 Å². The molecule has 0 aliphatic carbocycles. The van der Waals surface area contributed by atoms with E-state index < -0.39 is 10.0 Å². The van der Waals surface area contributed by atoms with E-state index >= 15 is 0 Å². The van der Waals surface area contributed by atoms with Crippen molar-refractivity contribution in [3.63, 3.8) is 0 Å². The summed E-state index contributed by atoms with van der Waals surface area (Å²) in [6.45, 7) is 6.46. The van der Waals surface area contributed by atoms with Crippen molar-refractivity contribution >= 4 is 15.7 Å². The SMILES string of the molecule is Cc1ccc(NS(=O)(=O)CCN2CCN(C)CC2)cc1. The minimum Gasteiger partial charge on any atom is -0.304 e. The van der Waals surface area contributed by atoms with E-state index in [-0.39, 0.29) is 5.75 Å². The van der Waals surface area contributed by atoms with Crippen LogP contribution in [0.5, 0.6) is 0 Å². The maximum Gasteiger partial charge on any atom is 0.233 e. The highest BCUT2D eigenvalue weighted by Gasteiger charge is 2.17. The van der Waals surface area contributed by atoms with Gasteiger partial charge in [0.15, 0.2) is 0 Å². The lowest BCUT2D eigenvalue weighted by molar-refractivity contribution is 0.161. The lowest BCUT2D eigenvalue weighted by Crippen LogP contribution is -2.46. The molecule has 0 atom stereocenters. The van der Waals surface area contributed by atoms with Crippen molar-refractivity contribution in [2.75, 3.05) is 50.2 Å². The van der Waals surface area contributed by atoms with Gasteiger partial charge in [-0.3, -0.25) is 9.62 Å². The first-order chi connectivity index (χ1) is 9.44. The summed E-state index contributed by atoms with van der Waals surface area (Å²) in [5.74, 6) is 0.143. The maximum absolute atomic E-state index is 12.0. The number of likely N-dealkylation sites (N-methyl/N-ethyl adjacent to an activating group) is 1. The Morgan fingerprint density at radius 1 is 1.10 bits per heavy atom. The molecule has 6 heteroatoms. The second-order valence-corrected chi connectivity index (χ2v) is 7.27. The van der Waals surface area contributed by atoms with E-state index in [1.165, 1.54) is 0 Å². The monoisotopic (exact) mass is 297 g/mol. The van der Waals surface area contributed by atoms with Crippen LogP contribution in [0.3, 0.4) is 0 Å². The van der Waals surface area contributed by atoms with E-state index in [4.69, 9.17) is 0 Å². The molecule has 0 bridgehead atoms. The molecule has 0 saturated carbocycles. The lowest BCUT2D eigenvalue weighted by atomic mass is 10.2. The van der Waals surface area contributed by atoms with E-state index in [9.17, 15) is 8.42 Å². The Hall–Kier alpha value is -1.11. The summed E-state index contributed by atoms with van der Waals surface area (Å²) < 4.78 is 26.7. The van der Waals surface area contributed by atoms with Gasteiger partial charge in [0.05, 0.1) is 5.75 Å². The predicted molar refractivity (Wildman–Crippen MR) is 82.5 cm³/mol. The number of aryl methyl sites for hydroxylation is 1. The van der Waals surface area contributed by atoms with E-state index in [0.29, 0.717) is 12.2 Å². The fourth-order valence-corrected chi connectivity index (χ4v) is 3.27. The van der Waals surface area contributed by atoms with Crippen molar-refractivity contribution in [2.45, 2.75) is 6.92 Å². The number of nitrogens with one attached hydrogen (secondary N) is 1. The molecule has 0 unspecified atom stereocenters. The minimum atomic E-state index is -3.27. The van der Waals surface area contributed by atoms with Crippen LogP contribution in [-0.4, -0.2) is 63.7 Å². The van der Waals surface area contributed by atoms with Gasteiger partial charge in [0, 0.05) is 38.4 Å². The fourth-order valence-electron chi connectivity index (χ4n) is 2.17. The highest BCUT2D eigenvalue weighted by atomic mass is 32.2. The number of hydrogen-bond acceptors (Lipinski definition) is 4. The topological polar surface area (TPSA) is 52.7 Å². The number of hydrogen-bond donors (Lipinski definition) is 1. The molecule has 20 heavy (non-hydrogen) atoms. The molecule has 1 aliphatic heterocycles. The van der Waals surface area contributed by atoms with Crippen molar-refractivity contribution in [1.82, 2.24) is 9.80 Å². The summed E-state index contributed by atoms with van der Waals surface area (Å²) in [6.07, 6.45) is 0. The third kappa shape index (κ3) is 4.77. The molecule has 1 heterocycles. The van der Waals surface area contributed by atoms with Crippen LogP contribution in [0.4, 0.5) is 5.69 Å². The van der Waals surface area contributed by atoms with Gasteiger partial charge in [-0.2, -0.15) is 0 Å². The summed E-state index contributed by atoms with van der Waals surface area (Å²) in [5, 5.41) is 0.